The van der Waals surface area contributed by atoms with Gasteiger partial charge in [-0.05, 0) is 18.1 Å². The largest absolute Gasteiger partial charge is 0.466 e. The van der Waals surface area contributed by atoms with Crippen molar-refractivity contribution in [1.29, 1.82) is 0 Å². The average Bonchev–Trinajstić information content (AvgIpc) is 2.73. The lowest BCUT2D eigenvalue weighted by Gasteiger charge is -2.15. The molecule has 0 bridgehead atoms. The Bertz CT molecular complexity index is 715. The summed E-state index contributed by atoms with van der Waals surface area (Å²) in [5.74, 6) is -3.53. The van der Waals surface area contributed by atoms with Crippen molar-refractivity contribution in [3.63, 3.8) is 0 Å². The van der Waals surface area contributed by atoms with Gasteiger partial charge >= 0.3 is 17.9 Å². The van der Waals surface area contributed by atoms with Crippen LogP contribution in [0.2, 0.25) is 0 Å². The van der Waals surface area contributed by atoms with Gasteiger partial charge < -0.3 is 14.2 Å². The van der Waals surface area contributed by atoms with Crippen LogP contribution in [-0.4, -0.2) is 37.7 Å². The third-order valence-electron chi connectivity index (χ3n) is 4.20. The van der Waals surface area contributed by atoms with Crippen LogP contribution in [0.5, 0.6) is 0 Å². The molecule has 29 heavy (non-hydrogen) atoms. The van der Waals surface area contributed by atoms with Crippen LogP contribution in [0.1, 0.15) is 24.5 Å². The second kappa shape index (κ2) is 12.3. The van der Waals surface area contributed by atoms with E-state index in [2.05, 4.69) is 0 Å². The van der Waals surface area contributed by atoms with Crippen LogP contribution < -0.4 is 0 Å². The van der Waals surface area contributed by atoms with Gasteiger partial charge in [-0.2, -0.15) is 0 Å². The summed E-state index contributed by atoms with van der Waals surface area (Å²) in [5, 5.41) is 0. The maximum atomic E-state index is 12.4. The first kappa shape index (κ1) is 22.1. The van der Waals surface area contributed by atoms with Crippen molar-refractivity contribution in [1.82, 2.24) is 0 Å². The van der Waals surface area contributed by atoms with Crippen LogP contribution in [0.15, 0.2) is 60.7 Å². The van der Waals surface area contributed by atoms with Gasteiger partial charge in [-0.1, -0.05) is 60.7 Å². The molecule has 154 valence electrons. The average molecular weight is 398 g/mol. The smallest absolute Gasteiger partial charge is 0.320 e. The fourth-order valence-corrected chi connectivity index (χ4v) is 2.68. The van der Waals surface area contributed by atoms with Crippen molar-refractivity contribution in [2.75, 3.05) is 19.8 Å². The molecule has 0 saturated heterocycles. The van der Waals surface area contributed by atoms with Gasteiger partial charge in [0, 0.05) is 12.8 Å². The van der Waals surface area contributed by atoms with Crippen LogP contribution >= 0.6 is 0 Å². The number of carbonyl (C=O) groups excluding carboxylic acids is 3. The van der Waals surface area contributed by atoms with Gasteiger partial charge in [0.15, 0.2) is 5.92 Å². The third kappa shape index (κ3) is 8.17. The molecular formula is C23H26O6. The minimum absolute atomic E-state index is 0.111. The SMILES string of the molecule is CCOC(=O)CC(C(=O)OCCc1ccccc1)C(=O)OCCc1ccccc1. The molecule has 2 rings (SSSR count). The first-order valence-electron chi connectivity index (χ1n) is 9.67. The number of esters is 3. The van der Waals surface area contributed by atoms with Crippen molar-refractivity contribution in [2.24, 2.45) is 5.92 Å². The third-order valence-corrected chi connectivity index (χ3v) is 4.20. The Labute approximate surface area is 170 Å². The van der Waals surface area contributed by atoms with E-state index in [1.807, 2.05) is 60.7 Å². The minimum atomic E-state index is -1.33. The van der Waals surface area contributed by atoms with E-state index in [4.69, 9.17) is 14.2 Å². The normalized spacial score (nSPS) is 10.4. The summed E-state index contributed by atoms with van der Waals surface area (Å²) in [5.41, 5.74) is 2.01. The Morgan fingerprint density at radius 1 is 0.724 bits per heavy atom. The van der Waals surface area contributed by atoms with Crippen LogP contribution in [0.25, 0.3) is 0 Å². The van der Waals surface area contributed by atoms with Crippen molar-refractivity contribution >= 4 is 17.9 Å². The second-order valence-electron chi connectivity index (χ2n) is 6.37. The molecule has 0 atom stereocenters. The molecule has 0 amide bonds. The lowest BCUT2D eigenvalue weighted by atomic mass is 10.1. The molecular weight excluding hydrogens is 372 g/mol. The van der Waals surface area contributed by atoms with Crippen LogP contribution in [0, 0.1) is 5.92 Å². The fourth-order valence-electron chi connectivity index (χ4n) is 2.68. The molecule has 0 spiro atoms. The summed E-state index contributed by atoms with van der Waals surface area (Å²) in [6.07, 6.45) is 0.631. The zero-order valence-corrected chi connectivity index (χ0v) is 16.5. The van der Waals surface area contributed by atoms with E-state index in [0.29, 0.717) is 12.8 Å². The van der Waals surface area contributed by atoms with Crippen LogP contribution in [-0.2, 0) is 41.4 Å². The summed E-state index contributed by atoms with van der Waals surface area (Å²) < 4.78 is 15.3. The van der Waals surface area contributed by atoms with E-state index in [9.17, 15) is 14.4 Å². The van der Waals surface area contributed by atoms with Gasteiger partial charge in [-0.25, -0.2) is 0 Å². The van der Waals surface area contributed by atoms with Gasteiger partial charge in [0.25, 0.3) is 0 Å². The van der Waals surface area contributed by atoms with E-state index in [0.717, 1.165) is 11.1 Å². The molecule has 0 radical (unpaired) electrons. The van der Waals surface area contributed by atoms with Crippen molar-refractivity contribution in [2.45, 2.75) is 26.2 Å². The Hall–Kier alpha value is -3.15. The first-order chi connectivity index (χ1) is 14.1. The molecule has 6 heteroatoms. The van der Waals surface area contributed by atoms with E-state index in [1.165, 1.54) is 0 Å². The van der Waals surface area contributed by atoms with Crippen LogP contribution in [0.4, 0.5) is 0 Å². The van der Waals surface area contributed by atoms with Gasteiger partial charge in [-0.15, -0.1) is 0 Å². The molecule has 0 aliphatic carbocycles. The van der Waals surface area contributed by atoms with Crippen molar-refractivity contribution < 1.29 is 28.6 Å². The number of carbonyl (C=O) groups is 3. The summed E-state index contributed by atoms with van der Waals surface area (Å²) >= 11 is 0. The van der Waals surface area contributed by atoms with Gasteiger partial charge in [0.05, 0.1) is 26.2 Å². The molecule has 2 aromatic carbocycles. The number of benzene rings is 2. The van der Waals surface area contributed by atoms with Gasteiger partial charge in [0.2, 0.25) is 0 Å². The Balaban J connectivity index is 1.88. The highest BCUT2D eigenvalue weighted by Gasteiger charge is 2.33. The van der Waals surface area contributed by atoms with Gasteiger partial charge in [0.1, 0.15) is 0 Å². The zero-order chi connectivity index (χ0) is 20.9. The standard InChI is InChI=1S/C23H26O6/c1-2-27-21(24)17-20(22(25)28-15-13-18-9-5-3-6-10-18)23(26)29-16-14-19-11-7-4-8-12-19/h3-12,20H,2,13-17H2,1H3. The summed E-state index contributed by atoms with van der Waals surface area (Å²) in [7, 11) is 0. The molecule has 0 aromatic heterocycles. The maximum Gasteiger partial charge on any atom is 0.320 e. The summed E-state index contributed by atoms with van der Waals surface area (Å²) in [6.45, 7) is 2.04. The van der Waals surface area contributed by atoms with E-state index in [1.54, 1.807) is 6.92 Å². The lowest BCUT2D eigenvalue weighted by Crippen LogP contribution is -2.31. The number of hydrogen-bond acceptors (Lipinski definition) is 6. The van der Waals surface area contributed by atoms with E-state index in [-0.39, 0.29) is 19.8 Å². The Morgan fingerprint density at radius 3 is 1.59 bits per heavy atom. The Kier molecular flexibility index (Phi) is 9.42. The molecule has 0 saturated carbocycles. The van der Waals surface area contributed by atoms with Crippen LogP contribution in [0.3, 0.4) is 0 Å². The highest BCUT2D eigenvalue weighted by atomic mass is 16.6. The topological polar surface area (TPSA) is 78.9 Å². The highest BCUT2D eigenvalue weighted by molar-refractivity contribution is 5.98. The Morgan fingerprint density at radius 2 is 1.17 bits per heavy atom. The molecule has 2 aromatic rings. The predicted octanol–water partition coefficient (Wildman–Crippen LogP) is 3.13. The fraction of sp³-hybridized carbons (Fsp3) is 0.348. The first-order valence-corrected chi connectivity index (χ1v) is 9.67. The lowest BCUT2D eigenvalue weighted by molar-refractivity contribution is -0.166. The molecule has 0 aliphatic heterocycles. The van der Waals surface area contributed by atoms with E-state index < -0.39 is 30.2 Å². The van der Waals surface area contributed by atoms with Crippen molar-refractivity contribution in [3.05, 3.63) is 71.8 Å². The molecule has 6 nitrogen and oxygen atoms in total. The van der Waals surface area contributed by atoms with Crippen molar-refractivity contribution in [3.8, 4) is 0 Å². The summed E-state index contributed by atoms with van der Waals surface area (Å²) in [4.78, 5) is 36.6. The molecule has 0 heterocycles. The second-order valence-corrected chi connectivity index (χ2v) is 6.37. The van der Waals surface area contributed by atoms with Gasteiger partial charge in [-0.3, -0.25) is 14.4 Å². The maximum absolute atomic E-state index is 12.4. The highest BCUT2D eigenvalue weighted by Crippen LogP contribution is 2.12. The molecule has 0 N–H and O–H groups in total. The minimum Gasteiger partial charge on any atom is -0.466 e. The quantitative estimate of drug-likeness (QED) is 0.329. The number of ether oxygens (including phenoxy) is 3. The summed E-state index contributed by atoms with van der Waals surface area (Å²) in [6, 6.07) is 19.0. The molecule has 0 fully saturated rings. The molecule has 0 aliphatic rings. The number of rotatable bonds is 11. The molecule has 0 unspecified atom stereocenters. The predicted molar refractivity (Wildman–Crippen MR) is 107 cm³/mol. The monoisotopic (exact) mass is 398 g/mol. The zero-order valence-electron chi connectivity index (χ0n) is 16.5. The number of hydrogen-bond donors (Lipinski definition) is 0. The van der Waals surface area contributed by atoms with E-state index >= 15 is 0 Å².